The summed E-state index contributed by atoms with van der Waals surface area (Å²) in [6.07, 6.45) is 4.44. The molecular weight excluding hydrogens is 192 g/mol. The Morgan fingerprint density at radius 2 is 1.87 bits per heavy atom. The lowest BCUT2D eigenvalue weighted by molar-refractivity contribution is -0.131. The Morgan fingerprint density at radius 3 is 2.27 bits per heavy atom. The molecular formula is C12H14O3. The van der Waals surface area contributed by atoms with Gasteiger partial charge in [0.05, 0.1) is 6.61 Å². The van der Waals surface area contributed by atoms with Crippen molar-refractivity contribution in [3.05, 3.63) is 54.6 Å². The molecule has 0 saturated heterocycles. The highest BCUT2D eigenvalue weighted by molar-refractivity contribution is 5.78. The predicted molar refractivity (Wildman–Crippen MR) is 60.4 cm³/mol. The van der Waals surface area contributed by atoms with Crippen LogP contribution < -0.4 is 0 Å². The number of hydrogen-bond donors (Lipinski definition) is 2. The first-order valence-electron chi connectivity index (χ1n) is 4.38. The Balaban J connectivity index is 0.000000336. The number of rotatable bonds is 3. The molecule has 0 aliphatic rings. The molecule has 80 valence electrons. The molecule has 0 spiro atoms. The van der Waals surface area contributed by atoms with E-state index < -0.39 is 5.97 Å². The lowest BCUT2D eigenvalue weighted by atomic mass is 10.2. The molecule has 0 fully saturated rings. The average Bonchev–Trinajstić information content (AvgIpc) is 2.28. The molecule has 0 saturated carbocycles. The summed E-state index contributed by atoms with van der Waals surface area (Å²) in [7, 11) is 0. The first-order valence-corrected chi connectivity index (χ1v) is 4.38. The minimum absolute atomic E-state index is 0.106. The van der Waals surface area contributed by atoms with Crippen LogP contribution in [0.4, 0.5) is 0 Å². The van der Waals surface area contributed by atoms with Crippen LogP contribution in [0, 0.1) is 0 Å². The summed E-state index contributed by atoms with van der Waals surface area (Å²) < 4.78 is 0. The summed E-state index contributed by atoms with van der Waals surface area (Å²) in [6, 6.07) is 9.89. The van der Waals surface area contributed by atoms with E-state index in [1.165, 1.54) is 0 Å². The van der Waals surface area contributed by atoms with Gasteiger partial charge in [0.1, 0.15) is 0 Å². The van der Waals surface area contributed by atoms with Gasteiger partial charge in [0, 0.05) is 6.08 Å². The van der Waals surface area contributed by atoms with E-state index >= 15 is 0 Å². The van der Waals surface area contributed by atoms with Crippen molar-refractivity contribution >= 4 is 12.0 Å². The van der Waals surface area contributed by atoms with E-state index in [-0.39, 0.29) is 6.61 Å². The van der Waals surface area contributed by atoms with Crippen molar-refractivity contribution in [2.45, 2.75) is 0 Å². The third-order valence-corrected chi connectivity index (χ3v) is 1.39. The Hall–Kier alpha value is -1.87. The lowest BCUT2D eigenvalue weighted by Gasteiger charge is -1.88. The van der Waals surface area contributed by atoms with Crippen LogP contribution >= 0.6 is 0 Å². The number of aliphatic carboxylic acids is 1. The van der Waals surface area contributed by atoms with Crippen molar-refractivity contribution in [2.24, 2.45) is 0 Å². The standard InChI is InChI=1S/C9H10O.C3H4O2/c10-8-4-7-9-5-2-1-3-6-9;1-2-3(4)5/h1-7,10H,8H2;2H,1H2,(H,4,5). The van der Waals surface area contributed by atoms with Crippen molar-refractivity contribution in [1.82, 2.24) is 0 Å². The third-order valence-electron chi connectivity index (χ3n) is 1.39. The molecule has 0 aromatic heterocycles. The number of aliphatic hydroxyl groups is 1. The molecule has 0 heterocycles. The zero-order chi connectivity index (χ0) is 11.5. The van der Waals surface area contributed by atoms with Crippen LogP contribution in [0.15, 0.2) is 49.1 Å². The van der Waals surface area contributed by atoms with Gasteiger partial charge in [-0.3, -0.25) is 0 Å². The number of carboxylic acids is 1. The van der Waals surface area contributed by atoms with E-state index in [0.29, 0.717) is 0 Å². The third kappa shape index (κ3) is 8.46. The van der Waals surface area contributed by atoms with Crippen LogP contribution in [0.1, 0.15) is 5.56 Å². The van der Waals surface area contributed by atoms with Gasteiger partial charge >= 0.3 is 5.97 Å². The normalized spacial score (nSPS) is 9.13. The summed E-state index contributed by atoms with van der Waals surface area (Å²) in [5.74, 6) is -0.981. The Morgan fingerprint density at radius 1 is 1.33 bits per heavy atom. The van der Waals surface area contributed by atoms with Gasteiger partial charge in [0.2, 0.25) is 0 Å². The maximum atomic E-state index is 9.25. The van der Waals surface area contributed by atoms with E-state index in [1.807, 2.05) is 36.4 Å². The van der Waals surface area contributed by atoms with Gasteiger partial charge < -0.3 is 10.2 Å². The highest BCUT2D eigenvalue weighted by atomic mass is 16.4. The fourth-order valence-electron chi connectivity index (χ4n) is 0.753. The molecule has 1 aromatic rings. The maximum absolute atomic E-state index is 9.25. The Bertz CT molecular complexity index is 315. The van der Waals surface area contributed by atoms with E-state index in [4.69, 9.17) is 10.2 Å². The molecule has 15 heavy (non-hydrogen) atoms. The van der Waals surface area contributed by atoms with E-state index in [9.17, 15) is 4.79 Å². The molecule has 1 rings (SSSR count). The Labute approximate surface area is 89.0 Å². The summed E-state index contributed by atoms with van der Waals surface area (Å²) in [5, 5.41) is 16.0. The minimum Gasteiger partial charge on any atom is -0.478 e. The van der Waals surface area contributed by atoms with E-state index in [2.05, 4.69) is 6.58 Å². The quantitative estimate of drug-likeness (QED) is 0.743. The number of benzene rings is 1. The molecule has 0 atom stereocenters. The first-order chi connectivity index (χ1) is 7.20. The molecule has 2 N–H and O–H groups in total. The molecule has 0 aliphatic heterocycles. The topological polar surface area (TPSA) is 57.5 Å². The lowest BCUT2D eigenvalue weighted by Crippen LogP contribution is -1.82. The zero-order valence-electron chi connectivity index (χ0n) is 8.34. The summed E-state index contributed by atoms with van der Waals surface area (Å²) in [4.78, 5) is 9.25. The number of hydrogen-bond acceptors (Lipinski definition) is 2. The minimum atomic E-state index is -0.981. The highest BCUT2D eigenvalue weighted by Gasteiger charge is 1.79. The van der Waals surface area contributed by atoms with Crippen LogP contribution in [0.2, 0.25) is 0 Å². The van der Waals surface area contributed by atoms with E-state index in [1.54, 1.807) is 6.08 Å². The van der Waals surface area contributed by atoms with Crippen molar-refractivity contribution in [3.63, 3.8) is 0 Å². The molecule has 0 amide bonds. The molecule has 3 nitrogen and oxygen atoms in total. The van der Waals surface area contributed by atoms with Gasteiger partial charge in [0.25, 0.3) is 0 Å². The van der Waals surface area contributed by atoms with Gasteiger partial charge in [-0.1, -0.05) is 49.1 Å². The fraction of sp³-hybridized carbons (Fsp3) is 0.0833. The summed E-state index contributed by atoms with van der Waals surface area (Å²) >= 11 is 0. The summed E-state index contributed by atoms with van der Waals surface area (Å²) in [6.45, 7) is 3.07. The average molecular weight is 206 g/mol. The van der Waals surface area contributed by atoms with Crippen LogP contribution in [0.25, 0.3) is 6.08 Å². The smallest absolute Gasteiger partial charge is 0.327 e. The second kappa shape index (κ2) is 8.72. The van der Waals surface area contributed by atoms with Gasteiger partial charge in [0.15, 0.2) is 0 Å². The molecule has 1 aromatic carbocycles. The first kappa shape index (κ1) is 13.1. The largest absolute Gasteiger partial charge is 0.478 e. The molecule has 3 heteroatoms. The second-order valence-corrected chi connectivity index (χ2v) is 2.54. The number of carbonyl (C=O) groups is 1. The van der Waals surface area contributed by atoms with Gasteiger partial charge in [-0.25, -0.2) is 4.79 Å². The monoisotopic (exact) mass is 206 g/mol. The van der Waals surface area contributed by atoms with E-state index in [0.717, 1.165) is 11.6 Å². The molecule has 0 radical (unpaired) electrons. The molecule has 0 aliphatic carbocycles. The van der Waals surface area contributed by atoms with Crippen molar-refractivity contribution < 1.29 is 15.0 Å². The van der Waals surface area contributed by atoms with Crippen LogP contribution in [0.3, 0.4) is 0 Å². The zero-order valence-corrected chi connectivity index (χ0v) is 8.34. The predicted octanol–water partition coefficient (Wildman–Crippen LogP) is 1.95. The van der Waals surface area contributed by atoms with Gasteiger partial charge in [-0.2, -0.15) is 0 Å². The Kier molecular flexibility index (Phi) is 7.63. The fourth-order valence-corrected chi connectivity index (χ4v) is 0.753. The number of carboxylic acid groups (broad SMARTS) is 1. The second-order valence-electron chi connectivity index (χ2n) is 2.54. The molecule has 0 unspecified atom stereocenters. The highest BCUT2D eigenvalue weighted by Crippen LogP contribution is 1.99. The van der Waals surface area contributed by atoms with Crippen molar-refractivity contribution in [1.29, 1.82) is 0 Å². The van der Waals surface area contributed by atoms with Crippen molar-refractivity contribution in [3.8, 4) is 0 Å². The van der Waals surface area contributed by atoms with Crippen molar-refractivity contribution in [2.75, 3.05) is 6.61 Å². The SMILES string of the molecule is C=CC(=O)O.OCC=Cc1ccccc1. The summed E-state index contributed by atoms with van der Waals surface area (Å²) in [5.41, 5.74) is 1.12. The maximum Gasteiger partial charge on any atom is 0.327 e. The van der Waals surface area contributed by atoms with Crippen LogP contribution in [-0.2, 0) is 4.79 Å². The molecule has 0 bridgehead atoms. The number of aliphatic hydroxyl groups excluding tert-OH is 1. The van der Waals surface area contributed by atoms with Gasteiger partial charge in [-0.05, 0) is 5.56 Å². The van der Waals surface area contributed by atoms with Crippen LogP contribution in [0.5, 0.6) is 0 Å². The van der Waals surface area contributed by atoms with Crippen LogP contribution in [-0.4, -0.2) is 22.8 Å². The van der Waals surface area contributed by atoms with Gasteiger partial charge in [-0.15, -0.1) is 0 Å².